The van der Waals surface area contributed by atoms with Gasteiger partial charge < -0.3 is 9.84 Å². The summed E-state index contributed by atoms with van der Waals surface area (Å²) in [6.45, 7) is 0.405. The van der Waals surface area contributed by atoms with Crippen molar-refractivity contribution in [2.24, 2.45) is 0 Å². The minimum atomic E-state index is 0.348. The van der Waals surface area contributed by atoms with Crippen molar-refractivity contribution in [3.8, 4) is 0 Å². The highest BCUT2D eigenvalue weighted by atomic mass is 79.9. The molecule has 0 spiro atoms. The van der Waals surface area contributed by atoms with Gasteiger partial charge in [0.25, 0.3) is 0 Å². The Bertz CT molecular complexity index is 449. The zero-order valence-corrected chi connectivity index (χ0v) is 9.66. The van der Waals surface area contributed by atoms with Gasteiger partial charge in [-0.3, -0.25) is 0 Å². The SMILES string of the molecule is Clc1ncnc(NCc2ncon2)c1Br. The van der Waals surface area contributed by atoms with E-state index in [1.54, 1.807) is 0 Å². The maximum atomic E-state index is 5.79. The van der Waals surface area contributed by atoms with Gasteiger partial charge in [-0.05, 0) is 15.9 Å². The summed E-state index contributed by atoms with van der Waals surface area (Å²) < 4.78 is 5.19. The molecule has 0 aliphatic heterocycles. The molecule has 2 rings (SSSR count). The fraction of sp³-hybridized carbons (Fsp3) is 0.143. The number of aromatic nitrogens is 4. The third-order valence-electron chi connectivity index (χ3n) is 1.57. The van der Waals surface area contributed by atoms with E-state index in [1.807, 2.05) is 0 Å². The molecule has 0 bridgehead atoms. The molecule has 0 amide bonds. The average Bonchev–Trinajstić information content (AvgIpc) is 2.73. The van der Waals surface area contributed by atoms with Crippen molar-refractivity contribution in [3.05, 3.63) is 28.2 Å². The summed E-state index contributed by atoms with van der Waals surface area (Å²) in [6.07, 6.45) is 2.63. The number of nitrogens with one attached hydrogen (secondary N) is 1. The Morgan fingerprint density at radius 2 is 2.27 bits per heavy atom. The summed E-state index contributed by atoms with van der Waals surface area (Å²) in [5, 5.41) is 6.98. The molecule has 0 radical (unpaired) electrons. The normalized spacial score (nSPS) is 10.3. The number of halogens is 2. The standard InChI is InChI=1S/C7H5BrClN5O/c8-5-6(9)11-2-12-7(5)10-1-4-13-3-15-14-4/h2-3H,1H2,(H,10,11,12). The van der Waals surface area contributed by atoms with Crippen LogP contribution in [0, 0.1) is 0 Å². The van der Waals surface area contributed by atoms with Gasteiger partial charge in [-0.1, -0.05) is 16.8 Å². The predicted molar refractivity (Wildman–Crippen MR) is 56.4 cm³/mol. The molecule has 78 valence electrons. The molecule has 0 unspecified atom stereocenters. The predicted octanol–water partition coefficient (Wildman–Crippen LogP) is 1.89. The second kappa shape index (κ2) is 4.54. The van der Waals surface area contributed by atoms with Crippen LogP contribution in [0.1, 0.15) is 5.82 Å². The van der Waals surface area contributed by atoms with Crippen LogP contribution < -0.4 is 5.32 Å². The summed E-state index contributed by atoms with van der Waals surface area (Å²) in [7, 11) is 0. The Morgan fingerprint density at radius 3 is 3.00 bits per heavy atom. The van der Waals surface area contributed by atoms with Gasteiger partial charge in [-0.15, -0.1) is 0 Å². The fourth-order valence-corrected chi connectivity index (χ4v) is 1.38. The number of nitrogens with zero attached hydrogens (tertiary/aromatic N) is 4. The Balaban J connectivity index is 2.08. The van der Waals surface area contributed by atoms with Gasteiger partial charge >= 0.3 is 0 Å². The van der Waals surface area contributed by atoms with Crippen LogP contribution in [-0.2, 0) is 6.54 Å². The monoisotopic (exact) mass is 289 g/mol. The summed E-state index contributed by atoms with van der Waals surface area (Å²) in [6, 6.07) is 0. The molecule has 8 heteroatoms. The molecule has 2 aromatic heterocycles. The fourth-order valence-electron chi connectivity index (χ4n) is 0.905. The number of rotatable bonds is 3. The van der Waals surface area contributed by atoms with Crippen molar-refractivity contribution >= 4 is 33.3 Å². The molecule has 0 fully saturated rings. The molecular formula is C7H5BrClN5O. The van der Waals surface area contributed by atoms with Crippen LogP contribution in [-0.4, -0.2) is 20.1 Å². The molecule has 0 saturated heterocycles. The van der Waals surface area contributed by atoms with Crippen molar-refractivity contribution in [1.29, 1.82) is 0 Å². The number of hydrogen-bond acceptors (Lipinski definition) is 6. The number of hydrogen-bond donors (Lipinski definition) is 1. The van der Waals surface area contributed by atoms with Crippen molar-refractivity contribution in [2.75, 3.05) is 5.32 Å². The van der Waals surface area contributed by atoms with E-state index in [-0.39, 0.29) is 0 Å². The highest BCUT2D eigenvalue weighted by Gasteiger charge is 2.07. The molecule has 2 heterocycles. The van der Waals surface area contributed by atoms with Crippen LogP contribution in [0.4, 0.5) is 5.82 Å². The largest absolute Gasteiger partial charge is 0.362 e. The van der Waals surface area contributed by atoms with Crippen LogP contribution in [0.5, 0.6) is 0 Å². The van der Waals surface area contributed by atoms with Crippen LogP contribution in [0.3, 0.4) is 0 Å². The van der Waals surface area contributed by atoms with E-state index in [2.05, 4.69) is 45.9 Å². The Morgan fingerprint density at radius 1 is 1.40 bits per heavy atom. The minimum absolute atomic E-state index is 0.348. The van der Waals surface area contributed by atoms with Gasteiger partial charge in [0, 0.05) is 0 Å². The average molecular weight is 291 g/mol. The zero-order valence-electron chi connectivity index (χ0n) is 7.31. The molecular weight excluding hydrogens is 285 g/mol. The quantitative estimate of drug-likeness (QED) is 0.870. The van der Waals surface area contributed by atoms with Crippen molar-refractivity contribution in [3.63, 3.8) is 0 Å². The topological polar surface area (TPSA) is 76.7 Å². The molecule has 0 saturated carbocycles. The highest BCUT2D eigenvalue weighted by molar-refractivity contribution is 9.10. The molecule has 1 N–H and O–H groups in total. The van der Waals surface area contributed by atoms with E-state index in [1.165, 1.54) is 12.7 Å². The van der Waals surface area contributed by atoms with E-state index >= 15 is 0 Å². The molecule has 0 aromatic carbocycles. The number of anilines is 1. The van der Waals surface area contributed by atoms with E-state index in [0.29, 0.717) is 27.8 Å². The Kier molecular flexibility index (Phi) is 3.12. The second-order valence-corrected chi connectivity index (χ2v) is 3.68. The van der Waals surface area contributed by atoms with E-state index in [0.717, 1.165) is 0 Å². The van der Waals surface area contributed by atoms with Crippen LogP contribution >= 0.6 is 27.5 Å². The van der Waals surface area contributed by atoms with E-state index in [9.17, 15) is 0 Å². The first kappa shape index (κ1) is 10.3. The van der Waals surface area contributed by atoms with Gasteiger partial charge in [-0.2, -0.15) is 4.98 Å². The minimum Gasteiger partial charge on any atom is -0.362 e. The maximum absolute atomic E-state index is 5.79. The summed E-state index contributed by atoms with van der Waals surface area (Å²) in [5.41, 5.74) is 0. The summed E-state index contributed by atoms with van der Waals surface area (Å²) >= 11 is 9.05. The van der Waals surface area contributed by atoms with Gasteiger partial charge in [-0.25, -0.2) is 9.97 Å². The molecule has 0 aliphatic rings. The Hall–Kier alpha value is -1.21. The lowest BCUT2D eigenvalue weighted by Gasteiger charge is -2.04. The first-order valence-electron chi connectivity index (χ1n) is 3.92. The highest BCUT2D eigenvalue weighted by Crippen LogP contribution is 2.25. The molecule has 15 heavy (non-hydrogen) atoms. The lowest BCUT2D eigenvalue weighted by molar-refractivity contribution is 0.411. The van der Waals surface area contributed by atoms with Crippen molar-refractivity contribution in [1.82, 2.24) is 20.1 Å². The summed E-state index contributed by atoms with van der Waals surface area (Å²) in [5.74, 6) is 1.12. The first-order valence-corrected chi connectivity index (χ1v) is 5.09. The molecule has 0 atom stereocenters. The summed E-state index contributed by atoms with van der Waals surface area (Å²) in [4.78, 5) is 11.7. The Labute approximate surface area is 98.2 Å². The third kappa shape index (κ3) is 2.42. The van der Waals surface area contributed by atoms with Gasteiger partial charge in [0.05, 0.1) is 11.0 Å². The van der Waals surface area contributed by atoms with E-state index in [4.69, 9.17) is 11.6 Å². The van der Waals surface area contributed by atoms with Gasteiger partial charge in [0.2, 0.25) is 6.39 Å². The van der Waals surface area contributed by atoms with Crippen LogP contribution in [0.2, 0.25) is 5.15 Å². The third-order valence-corrected chi connectivity index (χ3v) is 2.83. The van der Waals surface area contributed by atoms with Gasteiger partial charge in [0.15, 0.2) is 5.82 Å². The lowest BCUT2D eigenvalue weighted by atomic mass is 10.5. The molecule has 2 aromatic rings. The zero-order chi connectivity index (χ0) is 10.7. The van der Waals surface area contributed by atoms with Crippen LogP contribution in [0.15, 0.2) is 21.7 Å². The first-order chi connectivity index (χ1) is 7.27. The maximum Gasteiger partial charge on any atom is 0.213 e. The lowest BCUT2D eigenvalue weighted by Crippen LogP contribution is -2.04. The van der Waals surface area contributed by atoms with Crippen molar-refractivity contribution in [2.45, 2.75) is 6.54 Å². The van der Waals surface area contributed by atoms with E-state index < -0.39 is 0 Å². The second-order valence-electron chi connectivity index (χ2n) is 2.53. The van der Waals surface area contributed by atoms with Crippen LogP contribution in [0.25, 0.3) is 0 Å². The molecule has 0 aliphatic carbocycles. The smallest absolute Gasteiger partial charge is 0.213 e. The van der Waals surface area contributed by atoms with Crippen molar-refractivity contribution < 1.29 is 4.52 Å². The molecule has 6 nitrogen and oxygen atoms in total. The van der Waals surface area contributed by atoms with Gasteiger partial charge in [0.1, 0.15) is 17.3 Å².